The summed E-state index contributed by atoms with van der Waals surface area (Å²) in [6.45, 7) is 0.255. The molecule has 0 aliphatic rings. The quantitative estimate of drug-likeness (QED) is 0.362. The van der Waals surface area contributed by atoms with Crippen molar-refractivity contribution in [1.29, 1.82) is 0 Å². The summed E-state index contributed by atoms with van der Waals surface area (Å²) in [7, 11) is 0. The summed E-state index contributed by atoms with van der Waals surface area (Å²) < 4.78 is 13.2. The first-order valence-electron chi connectivity index (χ1n) is 4.75. The van der Waals surface area contributed by atoms with Crippen LogP contribution in [0, 0.1) is 0 Å². The fraction of sp³-hybridized carbons (Fsp3) is 0.556. The molecule has 0 heterocycles. The molecule has 8 nitrogen and oxygen atoms in total. The number of carbonyl (C=O) groups excluding carboxylic acids is 4. The first kappa shape index (κ1) is 14.9. The number of amides is 1. The predicted octanol–water partition coefficient (Wildman–Crippen LogP) is -0.635. The van der Waals surface area contributed by atoms with Gasteiger partial charge in [0.05, 0.1) is 0 Å². The maximum Gasteiger partial charge on any atom is 0.410 e. The smallest absolute Gasteiger partial charge is 0.410 e. The zero-order valence-corrected chi connectivity index (χ0v) is 9.26. The molecular formula is C9H13NO7. The Hall–Kier alpha value is -2.12. The monoisotopic (exact) mass is 247 g/mol. The highest BCUT2D eigenvalue weighted by Crippen LogP contribution is 1.86. The third-order valence-electron chi connectivity index (χ3n) is 1.39. The Morgan fingerprint density at radius 1 is 1.12 bits per heavy atom. The topological polar surface area (TPSA) is 108 Å². The van der Waals surface area contributed by atoms with Crippen molar-refractivity contribution in [2.24, 2.45) is 0 Å². The van der Waals surface area contributed by atoms with E-state index in [1.54, 1.807) is 6.92 Å². The SMILES string of the molecule is CCC(=O)OCOC(=O)NCC(=O)OCC=O. The molecule has 0 atom stereocenters. The fourth-order valence-corrected chi connectivity index (χ4v) is 0.624. The largest absolute Gasteiger partial charge is 0.457 e. The lowest BCUT2D eigenvalue weighted by Gasteiger charge is -2.06. The molecule has 0 spiro atoms. The van der Waals surface area contributed by atoms with E-state index in [4.69, 9.17) is 0 Å². The van der Waals surface area contributed by atoms with Gasteiger partial charge < -0.3 is 19.5 Å². The van der Waals surface area contributed by atoms with E-state index < -0.39 is 31.4 Å². The number of hydrogen-bond donors (Lipinski definition) is 1. The Kier molecular flexibility index (Phi) is 7.99. The zero-order valence-electron chi connectivity index (χ0n) is 9.26. The number of hydrogen-bond acceptors (Lipinski definition) is 7. The number of alkyl carbamates (subject to hydrolysis) is 1. The summed E-state index contributed by atoms with van der Waals surface area (Å²) in [6, 6.07) is 0. The molecule has 1 amide bonds. The Morgan fingerprint density at radius 2 is 1.82 bits per heavy atom. The average Bonchev–Trinajstić information content (AvgIpc) is 2.33. The van der Waals surface area contributed by atoms with Gasteiger partial charge in [0.25, 0.3) is 0 Å². The number of carbonyl (C=O) groups is 4. The van der Waals surface area contributed by atoms with Gasteiger partial charge in [-0.15, -0.1) is 0 Å². The molecule has 0 aliphatic carbocycles. The van der Waals surface area contributed by atoms with Crippen LogP contribution in [-0.2, 0) is 28.6 Å². The highest BCUT2D eigenvalue weighted by atomic mass is 16.7. The van der Waals surface area contributed by atoms with E-state index in [1.807, 2.05) is 5.32 Å². The lowest BCUT2D eigenvalue weighted by atomic mass is 10.5. The number of nitrogens with one attached hydrogen (secondary N) is 1. The van der Waals surface area contributed by atoms with Gasteiger partial charge in [-0.25, -0.2) is 4.79 Å². The normalized spacial score (nSPS) is 9.00. The van der Waals surface area contributed by atoms with Gasteiger partial charge in [-0.1, -0.05) is 6.92 Å². The summed E-state index contributed by atoms with van der Waals surface area (Å²) in [5.41, 5.74) is 0. The highest BCUT2D eigenvalue weighted by Gasteiger charge is 2.07. The van der Waals surface area contributed by atoms with Crippen LogP contribution in [0.25, 0.3) is 0 Å². The van der Waals surface area contributed by atoms with Crippen LogP contribution in [0.15, 0.2) is 0 Å². The number of esters is 2. The van der Waals surface area contributed by atoms with Crippen LogP contribution in [0.3, 0.4) is 0 Å². The Balaban J connectivity index is 3.55. The van der Waals surface area contributed by atoms with Crippen LogP contribution in [0.4, 0.5) is 4.79 Å². The molecule has 8 heteroatoms. The van der Waals surface area contributed by atoms with Gasteiger partial charge in [-0.3, -0.25) is 14.4 Å². The van der Waals surface area contributed by atoms with Crippen LogP contribution in [0.5, 0.6) is 0 Å². The molecule has 0 rings (SSSR count). The van der Waals surface area contributed by atoms with Crippen molar-refractivity contribution in [3.63, 3.8) is 0 Å². The molecule has 17 heavy (non-hydrogen) atoms. The Morgan fingerprint density at radius 3 is 2.41 bits per heavy atom. The van der Waals surface area contributed by atoms with Gasteiger partial charge >= 0.3 is 18.0 Å². The van der Waals surface area contributed by atoms with Gasteiger partial charge in [0.15, 0.2) is 6.29 Å². The van der Waals surface area contributed by atoms with E-state index >= 15 is 0 Å². The zero-order chi connectivity index (χ0) is 13.1. The highest BCUT2D eigenvalue weighted by molar-refractivity contribution is 5.78. The molecule has 1 N–H and O–H groups in total. The molecule has 0 aliphatic heterocycles. The van der Waals surface area contributed by atoms with Crippen LogP contribution >= 0.6 is 0 Å². The van der Waals surface area contributed by atoms with Crippen molar-refractivity contribution in [1.82, 2.24) is 5.32 Å². The molecule has 96 valence electrons. The number of aldehydes is 1. The standard InChI is InChI=1S/C9H13NO7/c1-2-7(12)16-6-17-9(14)10-5-8(13)15-4-3-11/h3H,2,4-6H2,1H3,(H,10,14). The van der Waals surface area contributed by atoms with E-state index in [-0.39, 0.29) is 13.0 Å². The molecule has 0 fully saturated rings. The molecule has 0 aromatic carbocycles. The molecule has 0 aromatic rings. The molecule has 0 aromatic heterocycles. The minimum absolute atomic E-state index is 0.170. The number of ether oxygens (including phenoxy) is 3. The fourth-order valence-electron chi connectivity index (χ4n) is 0.624. The average molecular weight is 247 g/mol. The van der Waals surface area contributed by atoms with Gasteiger partial charge in [0, 0.05) is 6.42 Å². The minimum atomic E-state index is -0.933. The second-order valence-electron chi connectivity index (χ2n) is 2.62. The Labute approximate surface area is 97.2 Å². The van der Waals surface area contributed by atoms with E-state index in [2.05, 4.69) is 14.2 Å². The van der Waals surface area contributed by atoms with Crippen LogP contribution in [-0.4, -0.2) is 44.3 Å². The summed E-state index contributed by atoms with van der Waals surface area (Å²) >= 11 is 0. The number of rotatable bonds is 7. The van der Waals surface area contributed by atoms with Crippen LogP contribution in [0.1, 0.15) is 13.3 Å². The Bertz CT molecular complexity index is 289. The van der Waals surface area contributed by atoms with E-state index in [9.17, 15) is 19.2 Å². The van der Waals surface area contributed by atoms with Crippen molar-refractivity contribution in [3.8, 4) is 0 Å². The van der Waals surface area contributed by atoms with Crippen molar-refractivity contribution in [3.05, 3.63) is 0 Å². The van der Waals surface area contributed by atoms with Crippen molar-refractivity contribution < 1.29 is 33.4 Å². The molecular weight excluding hydrogens is 234 g/mol. The molecule has 0 saturated carbocycles. The minimum Gasteiger partial charge on any atom is -0.457 e. The maximum atomic E-state index is 10.9. The van der Waals surface area contributed by atoms with E-state index in [0.29, 0.717) is 6.29 Å². The first-order chi connectivity index (χ1) is 8.10. The lowest BCUT2D eigenvalue weighted by molar-refractivity contribution is -0.151. The second kappa shape index (κ2) is 9.13. The van der Waals surface area contributed by atoms with Gasteiger partial charge in [-0.2, -0.15) is 0 Å². The van der Waals surface area contributed by atoms with Crippen molar-refractivity contribution in [2.75, 3.05) is 19.9 Å². The van der Waals surface area contributed by atoms with Gasteiger partial charge in [0.1, 0.15) is 13.2 Å². The predicted molar refractivity (Wildman–Crippen MR) is 52.8 cm³/mol. The third kappa shape index (κ3) is 8.85. The lowest BCUT2D eigenvalue weighted by Crippen LogP contribution is -2.32. The van der Waals surface area contributed by atoms with E-state index in [1.165, 1.54) is 0 Å². The first-order valence-corrected chi connectivity index (χ1v) is 4.75. The van der Waals surface area contributed by atoms with Crippen LogP contribution in [0.2, 0.25) is 0 Å². The summed E-state index contributed by atoms with van der Waals surface area (Å²) in [5, 5.41) is 2.04. The van der Waals surface area contributed by atoms with Crippen molar-refractivity contribution >= 4 is 24.3 Å². The second-order valence-corrected chi connectivity index (χ2v) is 2.62. The summed E-state index contributed by atoms with van der Waals surface area (Å²) in [5.74, 6) is -1.29. The molecule has 0 radical (unpaired) electrons. The van der Waals surface area contributed by atoms with Crippen LogP contribution < -0.4 is 5.32 Å². The van der Waals surface area contributed by atoms with E-state index in [0.717, 1.165) is 0 Å². The summed E-state index contributed by atoms with van der Waals surface area (Å²) in [4.78, 5) is 42.2. The third-order valence-corrected chi connectivity index (χ3v) is 1.39. The van der Waals surface area contributed by atoms with Crippen molar-refractivity contribution in [2.45, 2.75) is 13.3 Å². The molecule has 0 unspecified atom stereocenters. The summed E-state index contributed by atoms with van der Waals surface area (Å²) in [6.07, 6.45) is -0.361. The van der Waals surface area contributed by atoms with Gasteiger partial charge in [0.2, 0.25) is 6.79 Å². The maximum absolute atomic E-state index is 10.9. The van der Waals surface area contributed by atoms with Gasteiger partial charge in [-0.05, 0) is 0 Å². The molecule has 0 saturated heterocycles. The molecule has 0 bridgehead atoms.